The maximum Gasteiger partial charge on any atom is 0.350 e. The number of esters is 4. The Balaban J connectivity index is 0.00000390. The summed E-state index contributed by atoms with van der Waals surface area (Å²) in [5.74, 6) is -2.03. The van der Waals surface area contributed by atoms with E-state index in [1.165, 1.54) is 127 Å². The molecule has 74 heavy (non-hydrogen) atoms. The summed E-state index contributed by atoms with van der Waals surface area (Å²) < 4.78 is 22.0. The fourth-order valence-corrected chi connectivity index (χ4v) is 10.4. The summed E-state index contributed by atoms with van der Waals surface area (Å²) in [7, 11) is 1.26. The Kier molecular flexibility index (Phi) is 48.4. The van der Waals surface area contributed by atoms with Crippen LogP contribution in [0.5, 0.6) is 0 Å². The Morgan fingerprint density at radius 3 is 1.45 bits per heavy atom. The van der Waals surface area contributed by atoms with E-state index in [0.717, 1.165) is 135 Å². The summed E-state index contributed by atoms with van der Waals surface area (Å²) in [6.07, 6.45) is 42.8. The first-order valence-electron chi connectivity index (χ1n) is 29.3. The molecule has 15 heteroatoms. The number of thioether (sulfide) groups is 2. The van der Waals surface area contributed by atoms with Crippen LogP contribution in [-0.4, -0.2) is 99.3 Å². The molecule has 0 aliphatic carbocycles. The number of nitriles is 1. The second kappa shape index (κ2) is 50.6. The van der Waals surface area contributed by atoms with E-state index >= 15 is 0 Å². The molecule has 0 bridgehead atoms. The van der Waals surface area contributed by atoms with Gasteiger partial charge in [0.1, 0.15) is 30.5 Å². The number of nitrogens with two attached hydrogens (primary N) is 1. The topological polar surface area (TPSA) is 187 Å². The van der Waals surface area contributed by atoms with Gasteiger partial charge in [-0.1, -0.05) is 163 Å². The molecule has 0 aromatic carbocycles. The van der Waals surface area contributed by atoms with Crippen molar-refractivity contribution in [2.24, 2.45) is 5.73 Å². The van der Waals surface area contributed by atoms with Crippen molar-refractivity contribution in [3.63, 3.8) is 0 Å². The van der Waals surface area contributed by atoms with Crippen LogP contribution >= 0.6 is 23.5 Å². The molecule has 1 aliphatic heterocycles. The lowest BCUT2D eigenvalue weighted by Gasteiger charge is -2.22. The third kappa shape index (κ3) is 38.3. The number of ether oxygens (including phenoxy) is 4. The lowest BCUT2D eigenvalue weighted by Crippen LogP contribution is -2.30. The first kappa shape index (κ1) is 70.8. The highest BCUT2D eigenvalue weighted by Gasteiger charge is 2.29. The van der Waals surface area contributed by atoms with Crippen molar-refractivity contribution in [2.75, 3.05) is 52.4 Å². The highest BCUT2D eigenvalue weighted by Crippen LogP contribution is 2.28. The molecule has 0 saturated carbocycles. The van der Waals surface area contributed by atoms with Crippen molar-refractivity contribution >= 4 is 53.3 Å². The van der Waals surface area contributed by atoms with Crippen molar-refractivity contribution in [2.45, 2.75) is 265 Å². The van der Waals surface area contributed by atoms with Gasteiger partial charge in [0.05, 0.1) is 17.0 Å². The van der Waals surface area contributed by atoms with Gasteiger partial charge in [-0.15, -0.1) is 23.5 Å². The van der Waals surface area contributed by atoms with Gasteiger partial charge in [-0.25, -0.2) is 9.59 Å². The van der Waals surface area contributed by atoms with Crippen molar-refractivity contribution in [1.82, 2.24) is 10.2 Å². The normalized spacial score (nSPS) is 12.5. The Bertz CT molecular complexity index is 1560. The van der Waals surface area contributed by atoms with Crippen LogP contribution in [0.4, 0.5) is 0 Å². The first-order valence-corrected chi connectivity index (χ1v) is 31.8. The van der Waals surface area contributed by atoms with E-state index in [2.05, 4.69) is 42.6 Å². The average molecular weight is 1080 g/mol. The lowest BCUT2D eigenvalue weighted by atomic mass is 10.0. The molecule has 0 spiro atoms. The number of carbonyl (C=O) groups excluding carboxylic acids is 5. The number of nitrogens with one attached hydrogen (secondary N) is 1. The molecule has 0 aromatic rings. The van der Waals surface area contributed by atoms with Crippen molar-refractivity contribution < 1.29 is 42.9 Å². The molecule has 1 heterocycles. The first-order chi connectivity index (χ1) is 36.0. The zero-order chi connectivity index (χ0) is 54.9. The number of methoxy groups -OCH3 is 1. The van der Waals surface area contributed by atoms with Gasteiger partial charge in [0.15, 0.2) is 5.57 Å². The molecule has 1 aliphatic rings. The molecule has 1 unspecified atom stereocenters. The largest absolute Gasteiger partial charge is 0.465 e. The number of nitrogens with zero attached hydrogens (tertiary/aromatic N) is 2. The van der Waals surface area contributed by atoms with Gasteiger partial charge in [-0.2, -0.15) is 5.26 Å². The second-order valence-electron chi connectivity index (χ2n) is 19.9. The van der Waals surface area contributed by atoms with Gasteiger partial charge < -0.3 is 34.9 Å². The number of hydrogen-bond donors (Lipinski definition) is 2. The highest BCUT2D eigenvalue weighted by molar-refractivity contribution is 8.21. The van der Waals surface area contributed by atoms with E-state index in [1.54, 1.807) is 0 Å². The summed E-state index contributed by atoms with van der Waals surface area (Å²) >= 11 is 2.73. The van der Waals surface area contributed by atoms with E-state index in [0.29, 0.717) is 29.3 Å². The Morgan fingerprint density at radius 2 is 1.03 bits per heavy atom. The number of amides is 1. The van der Waals surface area contributed by atoms with Gasteiger partial charge >= 0.3 is 23.9 Å². The number of rotatable bonds is 49. The fourth-order valence-electron chi connectivity index (χ4n) is 9.06. The van der Waals surface area contributed by atoms with Crippen LogP contribution in [0, 0.1) is 11.3 Å². The Morgan fingerprint density at radius 1 is 0.622 bits per heavy atom. The fraction of sp³-hybridized carbons (Fsp3) is 0.831. The zero-order valence-electron chi connectivity index (χ0n) is 47.9. The van der Waals surface area contributed by atoms with Gasteiger partial charge in [-0.3, -0.25) is 14.4 Å². The molecule has 13 nitrogen and oxygen atoms in total. The molecule has 0 aromatic heterocycles. The number of carbonyl (C=O) groups is 5. The van der Waals surface area contributed by atoms with Gasteiger partial charge in [-0.05, 0) is 109 Å². The SMILES string of the molecule is CCCCCCCCC(CC)OC(=O)CCCCCCCN(CCCCCCCC(=O)OC(CCCCCCCC)CCCCCCCC)CCCNC1=C(C(N)=O)C(=O)OC1.COC(=O)C(C#N)=C(SC)SC. The second-order valence-corrected chi connectivity index (χ2v) is 21.8. The van der Waals surface area contributed by atoms with Crippen molar-refractivity contribution in [3.8, 4) is 6.07 Å². The molecule has 0 fully saturated rings. The molecule has 0 saturated heterocycles. The van der Waals surface area contributed by atoms with Crippen LogP contribution in [0.1, 0.15) is 252 Å². The zero-order valence-corrected chi connectivity index (χ0v) is 49.5. The number of unbranched alkanes of at least 4 members (excludes halogenated alkanes) is 23. The highest BCUT2D eigenvalue weighted by atomic mass is 32.2. The van der Waals surface area contributed by atoms with Crippen molar-refractivity contribution in [1.29, 1.82) is 5.26 Å². The molecule has 1 amide bonds. The third-order valence-electron chi connectivity index (χ3n) is 13.6. The summed E-state index contributed by atoms with van der Waals surface area (Å²) in [6.45, 7) is 12.5. The quantitative estimate of drug-likeness (QED) is 0.0146. The van der Waals surface area contributed by atoms with Crippen molar-refractivity contribution in [3.05, 3.63) is 21.1 Å². The molecule has 1 atom stereocenters. The van der Waals surface area contributed by atoms with E-state index in [9.17, 15) is 24.0 Å². The Labute approximate surface area is 459 Å². The summed E-state index contributed by atoms with van der Waals surface area (Å²) in [5, 5.41) is 11.8. The molecule has 0 radical (unpaired) electrons. The number of cyclic esters (lactones) is 1. The Hall–Kier alpha value is -3.22. The lowest BCUT2D eigenvalue weighted by molar-refractivity contribution is -0.150. The van der Waals surface area contributed by atoms with Crippen LogP contribution in [0.15, 0.2) is 21.1 Å². The molecular formula is C59H106N4O9S2. The van der Waals surface area contributed by atoms with Gasteiger partial charge in [0.2, 0.25) is 0 Å². The summed E-state index contributed by atoms with van der Waals surface area (Å²) in [6, 6.07) is 1.82. The predicted octanol–water partition coefficient (Wildman–Crippen LogP) is 14.4. The molecule has 428 valence electrons. The minimum absolute atomic E-state index is 0.0112. The van der Waals surface area contributed by atoms with E-state index < -0.39 is 17.8 Å². The van der Waals surface area contributed by atoms with E-state index in [-0.39, 0.29) is 41.9 Å². The van der Waals surface area contributed by atoms with Gasteiger partial charge in [0.25, 0.3) is 5.91 Å². The van der Waals surface area contributed by atoms with Gasteiger partial charge in [0, 0.05) is 19.4 Å². The molecule has 3 N–H and O–H groups in total. The van der Waals surface area contributed by atoms with Crippen LogP contribution in [0.25, 0.3) is 0 Å². The third-order valence-corrected chi connectivity index (χ3v) is 15.7. The maximum atomic E-state index is 12.9. The number of hydrogen-bond acceptors (Lipinski definition) is 14. The maximum absolute atomic E-state index is 12.9. The standard InChI is InChI=1S/C52H97N3O7.C7H9NO2S2/c1-5-9-12-15-20-27-35-45(8-4)61-48(56)38-30-23-18-25-32-41-55(43-34-40-54-47-44-60-52(59)50(47)51(53)58)42-33-26-19-24-31-39-49(57)62-46(36-28-21-16-13-10-6-2)37-29-22-17-14-11-7-3;1-10-6(9)5(4-8)7(11-2)12-3/h45-46,54H,5-44H2,1-4H3,(H2,53,58);1-3H3. The van der Waals surface area contributed by atoms with E-state index in [1.807, 2.05) is 18.6 Å². The number of primary amides is 1. The minimum Gasteiger partial charge on any atom is -0.465 e. The minimum atomic E-state index is -0.754. The smallest absolute Gasteiger partial charge is 0.350 e. The van der Waals surface area contributed by atoms with Crippen LogP contribution in [0.2, 0.25) is 0 Å². The summed E-state index contributed by atoms with van der Waals surface area (Å²) in [4.78, 5) is 62.5. The summed E-state index contributed by atoms with van der Waals surface area (Å²) in [5.41, 5.74) is 5.90. The van der Waals surface area contributed by atoms with Crippen LogP contribution < -0.4 is 11.1 Å². The predicted molar refractivity (Wildman–Crippen MR) is 307 cm³/mol. The molecular weight excluding hydrogens is 973 g/mol. The monoisotopic (exact) mass is 1080 g/mol. The van der Waals surface area contributed by atoms with E-state index in [4.69, 9.17) is 25.2 Å². The van der Waals surface area contributed by atoms with Crippen LogP contribution in [0.3, 0.4) is 0 Å². The van der Waals surface area contributed by atoms with Crippen LogP contribution in [-0.2, 0) is 42.9 Å². The molecule has 1 rings (SSSR count). The average Bonchev–Trinajstić information content (AvgIpc) is 3.78.